The van der Waals surface area contributed by atoms with Gasteiger partial charge in [0, 0.05) is 25.5 Å². The fourth-order valence-electron chi connectivity index (χ4n) is 2.73. The van der Waals surface area contributed by atoms with Crippen LogP contribution in [0.2, 0.25) is 0 Å². The number of amides is 2. The number of hydrogen-bond acceptors (Lipinski definition) is 4. The summed E-state index contributed by atoms with van der Waals surface area (Å²) < 4.78 is 7.25. The highest BCUT2D eigenvalue weighted by atomic mass is 16.5. The summed E-state index contributed by atoms with van der Waals surface area (Å²) in [6.07, 6.45) is 4.13. The van der Waals surface area contributed by atoms with E-state index in [4.69, 9.17) is 4.74 Å². The van der Waals surface area contributed by atoms with E-state index in [1.165, 1.54) is 6.08 Å². The molecule has 3 rings (SSSR count). The maximum absolute atomic E-state index is 12.4. The predicted octanol–water partition coefficient (Wildman–Crippen LogP) is 0.902. The minimum Gasteiger partial charge on any atom is -0.365 e. The van der Waals surface area contributed by atoms with Crippen LogP contribution in [0.25, 0.3) is 5.69 Å². The van der Waals surface area contributed by atoms with Crippen LogP contribution in [-0.4, -0.2) is 52.3 Å². The molecule has 0 radical (unpaired) electrons. The van der Waals surface area contributed by atoms with Gasteiger partial charge in [-0.25, -0.2) is 4.68 Å². The molecule has 0 saturated carbocycles. The molecule has 25 heavy (non-hydrogen) atoms. The van der Waals surface area contributed by atoms with Crippen LogP contribution in [0.5, 0.6) is 0 Å². The summed E-state index contributed by atoms with van der Waals surface area (Å²) in [4.78, 5) is 25.7. The van der Waals surface area contributed by atoms with Gasteiger partial charge in [-0.2, -0.15) is 5.10 Å². The highest BCUT2D eigenvalue weighted by Gasteiger charge is 2.28. The number of hydrogen-bond donors (Lipinski definition) is 1. The summed E-state index contributed by atoms with van der Waals surface area (Å²) in [5.41, 5.74) is 1.84. The van der Waals surface area contributed by atoms with Crippen LogP contribution in [0.15, 0.2) is 55.4 Å². The molecular formula is C18H20N4O3. The van der Waals surface area contributed by atoms with Crippen molar-refractivity contribution in [3.05, 3.63) is 60.9 Å². The highest BCUT2D eigenvalue weighted by Crippen LogP contribution is 2.13. The Balaban J connectivity index is 1.63. The first-order chi connectivity index (χ1) is 12.2. The van der Waals surface area contributed by atoms with Gasteiger partial charge in [0.2, 0.25) is 5.91 Å². The Bertz CT molecular complexity index is 757. The van der Waals surface area contributed by atoms with E-state index in [1.807, 2.05) is 36.5 Å². The second kappa shape index (κ2) is 7.76. The van der Waals surface area contributed by atoms with E-state index in [0.717, 1.165) is 11.3 Å². The van der Waals surface area contributed by atoms with Crippen LogP contribution in [0.4, 0.5) is 0 Å². The quantitative estimate of drug-likeness (QED) is 0.821. The van der Waals surface area contributed by atoms with Crippen molar-refractivity contribution in [3.63, 3.8) is 0 Å². The molecule has 1 saturated heterocycles. The van der Waals surface area contributed by atoms with E-state index in [0.29, 0.717) is 19.7 Å². The predicted molar refractivity (Wildman–Crippen MR) is 91.9 cm³/mol. The zero-order chi connectivity index (χ0) is 17.6. The van der Waals surface area contributed by atoms with Crippen LogP contribution in [0.3, 0.4) is 0 Å². The van der Waals surface area contributed by atoms with Gasteiger partial charge < -0.3 is 15.0 Å². The van der Waals surface area contributed by atoms with E-state index in [-0.39, 0.29) is 18.4 Å². The molecule has 1 fully saturated rings. The average Bonchev–Trinajstić information content (AvgIpc) is 3.20. The Morgan fingerprint density at radius 1 is 1.36 bits per heavy atom. The van der Waals surface area contributed by atoms with E-state index in [1.54, 1.807) is 15.8 Å². The first-order valence-electron chi connectivity index (χ1n) is 8.07. The molecule has 1 atom stereocenters. The third-order valence-corrected chi connectivity index (χ3v) is 4.04. The lowest BCUT2D eigenvalue weighted by Gasteiger charge is -2.31. The summed E-state index contributed by atoms with van der Waals surface area (Å²) >= 11 is 0. The first kappa shape index (κ1) is 16.9. The number of benzene rings is 1. The molecule has 0 aliphatic carbocycles. The highest BCUT2D eigenvalue weighted by molar-refractivity contribution is 5.88. The van der Waals surface area contributed by atoms with Gasteiger partial charge in [0.1, 0.15) is 0 Å². The van der Waals surface area contributed by atoms with E-state index in [2.05, 4.69) is 17.0 Å². The average molecular weight is 340 g/mol. The molecular weight excluding hydrogens is 320 g/mol. The zero-order valence-corrected chi connectivity index (χ0v) is 13.8. The number of para-hydroxylation sites is 1. The van der Waals surface area contributed by atoms with Crippen LogP contribution in [0.1, 0.15) is 5.56 Å². The van der Waals surface area contributed by atoms with E-state index in [9.17, 15) is 9.59 Å². The molecule has 0 bridgehead atoms. The van der Waals surface area contributed by atoms with Crippen molar-refractivity contribution in [2.45, 2.75) is 12.6 Å². The number of morpholine rings is 1. The number of aromatic nitrogens is 2. The topological polar surface area (TPSA) is 76.5 Å². The lowest BCUT2D eigenvalue weighted by atomic mass is 10.1. The number of carbonyl (C=O) groups excluding carboxylic acids is 2. The molecule has 2 amide bonds. The van der Waals surface area contributed by atoms with Gasteiger partial charge in [-0.15, -0.1) is 0 Å². The van der Waals surface area contributed by atoms with Gasteiger partial charge >= 0.3 is 0 Å². The van der Waals surface area contributed by atoms with E-state index >= 15 is 0 Å². The number of carbonyl (C=O) groups is 2. The second-order valence-electron chi connectivity index (χ2n) is 5.64. The Labute approximate surface area is 145 Å². The minimum absolute atomic E-state index is 0.190. The van der Waals surface area contributed by atoms with Crippen molar-refractivity contribution in [1.82, 2.24) is 20.0 Å². The van der Waals surface area contributed by atoms with Gasteiger partial charge in [0.15, 0.2) is 6.10 Å². The van der Waals surface area contributed by atoms with Crippen LogP contribution < -0.4 is 5.32 Å². The van der Waals surface area contributed by atoms with Crippen LogP contribution in [0, 0.1) is 0 Å². The number of nitrogens with zero attached hydrogens (tertiary/aromatic N) is 3. The van der Waals surface area contributed by atoms with Crippen LogP contribution in [-0.2, 0) is 20.9 Å². The molecule has 1 aromatic heterocycles. The van der Waals surface area contributed by atoms with Gasteiger partial charge in [-0.3, -0.25) is 9.59 Å². The fraction of sp³-hybridized carbons (Fsp3) is 0.278. The van der Waals surface area contributed by atoms with Gasteiger partial charge in [0.25, 0.3) is 5.91 Å². The SMILES string of the molecule is C=CC(=O)N1CCO[C@H](C(=O)NCc2ccccc2-n2cccn2)C1. The number of ether oxygens (including phenoxy) is 1. The van der Waals surface area contributed by atoms with Gasteiger partial charge in [-0.05, 0) is 23.8 Å². The third kappa shape index (κ3) is 3.95. The van der Waals surface area contributed by atoms with Crippen molar-refractivity contribution in [3.8, 4) is 5.69 Å². The molecule has 2 aromatic rings. The summed E-state index contributed by atoms with van der Waals surface area (Å²) in [5.74, 6) is -0.429. The second-order valence-corrected chi connectivity index (χ2v) is 5.64. The Morgan fingerprint density at radius 3 is 2.96 bits per heavy atom. The van der Waals surface area contributed by atoms with Crippen molar-refractivity contribution in [1.29, 1.82) is 0 Å². The molecule has 1 N–H and O–H groups in total. The molecule has 1 aromatic carbocycles. The van der Waals surface area contributed by atoms with E-state index < -0.39 is 6.10 Å². The standard InChI is InChI=1S/C18H20N4O3/c1-2-17(23)21-10-11-25-16(13-21)18(24)19-12-14-6-3-4-7-15(14)22-9-5-8-20-22/h2-9,16H,1,10-13H2,(H,19,24)/t16-/m0/s1. The normalized spacial score (nSPS) is 17.1. The molecule has 1 aliphatic rings. The van der Waals surface area contributed by atoms with Gasteiger partial charge in [-0.1, -0.05) is 24.8 Å². The summed E-state index contributed by atoms with van der Waals surface area (Å²) in [7, 11) is 0. The van der Waals surface area contributed by atoms with Crippen molar-refractivity contribution < 1.29 is 14.3 Å². The Morgan fingerprint density at radius 2 is 2.20 bits per heavy atom. The zero-order valence-electron chi connectivity index (χ0n) is 13.8. The van der Waals surface area contributed by atoms with Crippen molar-refractivity contribution >= 4 is 11.8 Å². The lowest BCUT2D eigenvalue weighted by Crippen LogP contribution is -2.51. The molecule has 7 heteroatoms. The van der Waals surface area contributed by atoms with Crippen molar-refractivity contribution in [2.24, 2.45) is 0 Å². The number of rotatable bonds is 5. The van der Waals surface area contributed by atoms with Crippen molar-refractivity contribution in [2.75, 3.05) is 19.7 Å². The first-order valence-corrected chi connectivity index (χ1v) is 8.07. The maximum atomic E-state index is 12.4. The third-order valence-electron chi connectivity index (χ3n) is 4.04. The molecule has 130 valence electrons. The lowest BCUT2D eigenvalue weighted by molar-refractivity contribution is -0.144. The minimum atomic E-state index is -0.672. The summed E-state index contributed by atoms with van der Waals surface area (Å²) in [6, 6.07) is 9.56. The van der Waals surface area contributed by atoms with Gasteiger partial charge in [0.05, 0.1) is 18.8 Å². The smallest absolute Gasteiger partial charge is 0.251 e. The summed E-state index contributed by atoms with van der Waals surface area (Å²) in [6.45, 7) is 4.86. The van der Waals surface area contributed by atoms with Crippen LogP contribution >= 0.6 is 0 Å². The molecule has 0 spiro atoms. The maximum Gasteiger partial charge on any atom is 0.251 e. The Hall–Kier alpha value is -2.93. The molecule has 1 aliphatic heterocycles. The number of nitrogens with one attached hydrogen (secondary N) is 1. The molecule has 2 heterocycles. The molecule has 7 nitrogen and oxygen atoms in total. The molecule has 0 unspecified atom stereocenters. The fourth-order valence-corrected chi connectivity index (χ4v) is 2.73. The summed E-state index contributed by atoms with van der Waals surface area (Å²) in [5, 5.41) is 7.11. The monoisotopic (exact) mass is 340 g/mol. The largest absolute Gasteiger partial charge is 0.365 e. The Kier molecular flexibility index (Phi) is 5.25.